The first-order valence-corrected chi connectivity index (χ1v) is 2.79. The molecular formula is C6H8O2. The van der Waals surface area contributed by atoms with Gasteiger partial charge in [-0.2, -0.15) is 0 Å². The molecule has 1 rings (SSSR count). The lowest BCUT2D eigenvalue weighted by Gasteiger charge is -2.26. The standard InChI is InChI=1S/C6H8O2/c7-3-5-1-2-6(5)4-8/h3-6H,1-2H2/t5-,6?/m0/s1. The van der Waals surface area contributed by atoms with Gasteiger partial charge in [0.2, 0.25) is 0 Å². The molecule has 0 heterocycles. The molecule has 44 valence electrons. The first-order chi connectivity index (χ1) is 3.88. The van der Waals surface area contributed by atoms with E-state index in [0.29, 0.717) is 0 Å². The zero-order valence-corrected chi connectivity index (χ0v) is 4.54. The van der Waals surface area contributed by atoms with Crippen LogP contribution in [-0.2, 0) is 9.59 Å². The first kappa shape index (κ1) is 5.48. The normalized spacial score (nSPS) is 35.5. The molecule has 0 amide bonds. The summed E-state index contributed by atoms with van der Waals surface area (Å²) in [6.45, 7) is 0. The number of hydrogen-bond donors (Lipinski definition) is 0. The van der Waals surface area contributed by atoms with Gasteiger partial charge in [0, 0.05) is 11.8 Å². The summed E-state index contributed by atoms with van der Waals surface area (Å²) in [7, 11) is 0. The van der Waals surface area contributed by atoms with Crippen molar-refractivity contribution in [1.29, 1.82) is 0 Å². The van der Waals surface area contributed by atoms with E-state index in [0.717, 1.165) is 25.4 Å². The fourth-order valence-corrected chi connectivity index (χ4v) is 0.889. The smallest absolute Gasteiger partial charge is 0.123 e. The molecule has 1 unspecified atom stereocenters. The lowest BCUT2D eigenvalue weighted by Crippen LogP contribution is -2.27. The van der Waals surface area contributed by atoms with Crippen molar-refractivity contribution in [3.63, 3.8) is 0 Å². The third kappa shape index (κ3) is 0.661. The summed E-state index contributed by atoms with van der Waals surface area (Å²) in [4.78, 5) is 20.0. The molecule has 2 heteroatoms. The Morgan fingerprint density at radius 3 is 1.50 bits per heavy atom. The van der Waals surface area contributed by atoms with E-state index in [1.165, 1.54) is 0 Å². The maximum Gasteiger partial charge on any atom is 0.123 e. The van der Waals surface area contributed by atoms with Crippen LogP contribution in [0.3, 0.4) is 0 Å². The molecule has 0 bridgehead atoms. The van der Waals surface area contributed by atoms with Crippen LogP contribution in [0.4, 0.5) is 0 Å². The van der Waals surface area contributed by atoms with Gasteiger partial charge in [0.25, 0.3) is 0 Å². The fourth-order valence-electron chi connectivity index (χ4n) is 0.889. The highest BCUT2D eigenvalue weighted by molar-refractivity contribution is 5.66. The second-order valence-corrected chi connectivity index (χ2v) is 2.18. The van der Waals surface area contributed by atoms with Crippen LogP contribution in [0, 0.1) is 11.8 Å². The van der Waals surface area contributed by atoms with Crippen LogP contribution < -0.4 is 0 Å². The second kappa shape index (κ2) is 2.07. The molecule has 1 saturated carbocycles. The zero-order valence-electron chi connectivity index (χ0n) is 4.54. The van der Waals surface area contributed by atoms with E-state index in [1.807, 2.05) is 0 Å². The van der Waals surface area contributed by atoms with Gasteiger partial charge < -0.3 is 9.59 Å². The minimum Gasteiger partial charge on any atom is -0.303 e. The lowest BCUT2D eigenvalue weighted by molar-refractivity contribution is -0.123. The van der Waals surface area contributed by atoms with Crippen molar-refractivity contribution < 1.29 is 9.59 Å². The van der Waals surface area contributed by atoms with E-state index in [4.69, 9.17) is 0 Å². The van der Waals surface area contributed by atoms with Gasteiger partial charge in [0.15, 0.2) is 0 Å². The Morgan fingerprint density at radius 2 is 1.38 bits per heavy atom. The maximum atomic E-state index is 10.00. The Labute approximate surface area is 47.9 Å². The number of aldehydes is 2. The fraction of sp³-hybridized carbons (Fsp3) is 0.667. The van der Waals surface area contributed by atoms with Crippen LogP contribution in [0.25, 0.3) is 0 Å². The topological polar surface area (TPSA) is 34.1 Å². The quantitative estimate of drug-likeness (QED) is 0.485. The van der Waals surface area contributed by atoms with E-state index in [-0.39, 0.29) is 11.8 Å². The molecule has 8 heavy (non-hydrogen) atoms. The minimum absolute atomic E-state index is 0.0486. The minimum atomic E-state index is 0.0486. The molecule has 0 spiro atoms. The predicted octanol–water partition coefficient (Wildman–Crippen LogP) is 0.410. The summed E-state index contributed by atoms with van der Waals surface area (Å²) in [5.74, 6) is 0.0972. The van der Waals surface area contributed by atoms with Crippen LogP contribution in [-0.4, -0.2) is 12.6 Å². The summed E-state index contributed by atoms with van der Waals surface area (Å²) in [5, 5.41) is 0. The van der Waals surface area contributed by atoms with Gasteiger partial charge in [-0.1, -0.05) is 0 Å². The van der Waals surface area contributed by atoms with Gasteiger partial charge in [-0.05, 0) is 12.8 Å². The van der Waals surface area contributed by atoms with Crippen molar-refractivity contribution in [3.8, 4) is 0 Å². The van der Waals surface area contributed by atoms with E-state index in [9.17, 15) is 9.59 Å². The Bertz CT molecular complexity index is 95.1. The maximum absolute atomic E-state index is 10.00. The molecule has 0 N–H and O–H groups in total. The highest BCUT2D eigenvalue weighted by atomic mass is 16.1. The molecule has 0 saturated heterocycles. The zero-order chi connectivity index (χ0) is 5.98. The van der Waals surface area contributed by atoms with Gasteiger partial charge in [0.1, 0.15) is 12.6 Å². The SMILES string of the molecule is O=CC1CC[C@H]1C=O. The molecule has 2 atom stereocenters. The Kier molecular flexibility index (Phi) is 1.42. The van der Waals surface area contributed by atoms with Gasteiger partial charge >= 0.3 is 0 Å². The van der Waals surface area contributed by atoms with Gasteiger partial charge in [-0.25, -0.2) is 0 Å². The monoisotopic (exact) mass is 112 g/mol. The van der Waals surface area contributed by atoms with E-state index in [2.05, 4.69) is 0 Å². The highest BCUT2D eigenvalue weighted by Gasteiger charge is 2.29. The van der Waals surface area contributed by atoms with Crippen molar-refractivity contribution in [1.82, 2.24) is 0 Å². The van der Waals surface area contributed by atoms with Crippen LogP contribution in [0.2, 0.25) is 0 Å². The molecule has 0 aliphatic heterocycles. The average Bonchev–Trinajstić information content (AvgIpc) is 1.66. The molecule has 1 fully saturated rings. The number of hydrogen-bond acceptors (Lipinski definition) is 2. The number of rotatable bonds is 2. The molecule has 0 aromatic heterocycles. The van der Waals surface area contributed by atoms with Crippen molar-refractivity contribution in [2.75, 3.05) is 0 Å². The molecule has 1 aliphatic rings. The average molecular weight is 112 g/mol. The van der Waals surface area contributed by atoms with E-state index in [1.54, 1.807) is 0 Å². The highest BCUT2D eigenvalue weighted by Crippen LogP contribution is 2.30. The molecule has 0 radical (unpaired) electrons. The van der Waals surface area contributed by atoms with E-state index < -0.39 is 0 Å². The molecule has 1 aliphatic carbocycles. The Morgan fingerprint density at radius 1 is 1.00 bits per heavy atom. The third-order valence-corrected chi connectivity index (χ3v) is 1.73. The summed E-state index contributed by atoms with van der Waals surface area (Å²) in [6, 6.07) is 0. The van der Waals surface area contributed by atoms with Crippen molar-refractivity contribution in [2.24, 2.45) is 11.8 Å². The van der Waals surface area contributed by atoms with Gasteiger partial charge in [-0.15, -0.1) is 0 Å². The molecule has 0 aromatic rings. The largest absolute Gasteiger partial charge is 0.303 e. The number of carbonyl (C=O) groups is 2. The summed E-state index contributed by atoms with van der Waals surface area (Å²) < 4.78 is 0. The van der Waals surface area contributed by atoms with Crippen LogP contribution in [0.1, 0.15) is 12.8 Å². The molecular weight excluding hydrogens is 104 g/mol. The van der Waals surface area contributed by atoms with Gasteiger partial charge in [0.05, 0.1) is 0 Å². The van der Waals surface area contributed by atoms with Gasteiger partial charge in [-0.3, -0.25) is 0 Å². The first-order valence-electron chi connectivity index (χ1n) is 2.79. The summed E-state index contributed by atoms with van der Waals surface area (Å²) >= 11 is 0. The van der Waals surface area contributed by atoms with Crippen LogP contribution >= 0.6 is 0 Å². The molecule has 2 nitrogen and oxygen atoms in total. The Balaban J connectivity index is 2.36. The van der Waals surface area contributed by atoms with Crippen LogP contribution in [0.15, 0.2) is 0 Å². The second-order valence-electron chi connectivity index (χ2n) is 2.18. The summed E-state index contributed by atoms with van der Waals surface area (Å²) in [5.41, 5.74) is 0. The number of carbonyl (C=O) groups excluding carboxylic acids is 2. The van der Waals surface area contributed by atoms with Crippen molar-refractivity contribution >= 4 is 12.6 Å². The van der Waals surface area contributed by atoms with Crippen LogP contribution in [0.5, 0.6) is 0 Å². The molecule has 0 aromatic carbocycles. The lowest BCUT2D eigenvalue weighted by atomic mass is 9.76. The van der Waals surface area contributed by atoms with E-state index >= 15 is 0 Å². The van der Waals surface area contributed by atoms with Crippen molar-refractivity contribution in [2.45, 2.75) is 12.8 Å². The third-order valence-electron chi connectivity index (χ3n) is 1.73. The Hall–Kier alpha value is -0.660. The predicted molar refractivity (Wildman–Crippen MR) is 28.3 cm³/mol. The van der Waals surface area contributed by atoms with Crippen molar-refractivity contribution in [3.05, 3.63) is 0 Å². The summed E-state index contributed by atoms with van der Waals surface area (Å²) in [6.07, 6.45) is 3.57.